The van der Waals surface area contributed by atoms with Crippen LogP contribution in [-0.4, -0.2) is 10.2 Å². The van der Waals surface area contributed by atoms with Crippen molar-refractivity contribution in [1.82, 2.24) is 0 Å². The van der Waals surface area contributed by atoms with Crippen molar-refractivity contribution < 1.29 is 10.2 Å². The Morgan fingerprint density at radius 3 is 2.50 bits per heavy atom. The van der Waals surface area contributed by atoms with E-state index in [1.54, 1.807) is 26.0 Å². The van der Waals surface area contributed by atoms with Gasteiger partial charge in [-0.05, 0) is 25.0 Å². The highest BCUT2D eigenvalue weighted by molar-refractivity contribution is 5.35. The number of hydrogen-bond acceptors (Lipinski definition) is 2. The number of aliphatic hydroxyl groups is 2. The second-order valence-electron chi connectivity index (χ2n) is 3.61. The minimum Gasteiger partial charge on any atom is -0.389 e. The Bertz CT molecular complexity index is 327. The van der Waals surface area contributed by atoms with Gasteiger partial charge in [0.2, 0.25) is 0 Å². The first-order valence-corrected chi connectivity index (χ1v) is 4.62. The van der Waals surface area contributed by atoms with Gasteiger partial charge in [-0.2, -0.15) is 0 Å². The summed E-state index contributed by atoms with van der Waals surface area (Å²) in [4.78, 5) is 0. The van der Waals surface area contributed by atoms with Crippen molar-refractivity contribution in [2.75, 3.05) is 0 Å². The number of benzene rings is 1. The molecule has 0 saturated heterocycles. The topological polar surface area (TPSA) is 40.5 Å². The summed E-state index contributed by atoms with van der Waals surface area (Å²) >= 11 is 0. The average molecular weight is 192 g/mol. The average Bonchev–Trinajstić information content (AvgIpc) is 2.18. The predicted molar refractivity (Wildman–Crippen MR) is 56.8 cm³/mol. The molecule has 14 heavy (non-hydrogen) atoms. The molecule has 0 amide bonds. The second kappa shape index (κ2) is 3.95. The van der Waals surface area contributed by atoms with Gasteiger partial charge in [-0.1, -0.05) is 36.9 Å². The van der Waals surface area contributed by atoms with Gasteiger partial charge in [0.15, 0.2) is 0 Å². The highest BCUT2D eigenvalue weighted by Gasteiger charge is 2.22. The van der Waals surface area contributed by atoms with Crippen LogP contribution in [0.25, 0.3) is 0 Å². The van der Waals surface area contributed by atoms with Gasteiger partial charge in [-0.15, -0.1) is 0 Å². The lowest BCUT2D eigenvalue weighted by Gasteiger charge is -2.23. The molecule has 2 heteroatoms. The summed E-state index contributed by atoms with van der Waals surface area (Å²) in [7, 11) is 0. The van der Waals surface area contributed by atoms with E-state index in [9.17, 15) is 10.2 Å². The number of hydrogen-bond donors (Lipinski definition) is 2. The molecule has 2 N–H and O–H groups in total. The van der Waals surface area contributed by atoms with E-state index in [1.165, 1.54) is 6.08 Å². The van der Waals surface area contributed by atoms with Crippen LogP contribution >= 0.6 is 0 Å². The molecule has 0 unspecified atom stereocenters. The smallest absolute Gasteiger partial charge is 0.105 e. The first kappa shape index (κ1) is 11.0. The Balaban J connectivity index is 3.26. The van der Waals surface area contributed by atoms with E-state index >= 15 is 0 Å². The predicted octanol–water partition coefficient (Wildman–Crippen LogP) is 2.13. The zero-order valence-electron chi connectivity index (χ0n) is 8.57. The van der Waals surface area contributed by atoms with Crippen LogP contribution in [-0.2, 0) is 5.60 Å². The van der Waals surface area contributed by atoms with Crippen LogP contribution < -0.4 is 0 Å². The third-order valence-corrected chi connectivity index (χ3v) is 2.35. The minimum absolute atomic E-state index is 0.586. The van der Waals surface area contributed by atoms with E-state index < -0.39 is 11.7 Å². The van der Waals surface area contributed by atoms with Gasteiger partial charge in [0.25, 0.3) is 0 Å². The third kappa shape index (κ3) is 2.03. The molecule has 0 fully saturated rings. The molecule has 0 aromatic heterocycles. The van der Waals surface area contributed by atoms with Gasteiger partial charge in [-0.3, -0.25) is 0 Å². The highest BCUT2D eigenvalue weighted by atomic mass is 16.3. The van der Waals surface area contributed by atoms with Crippen molar-refractivity contribution >= 4 is 0 Å². The van der Waals surface area contributed by atoms with Gasteiger partial charge in [0.1, 0.15) is 5.60 Å². The molecule has 2 atom stereocenters. The summed E-state index contributed by atoms with van der Waals surface area (Å²) in [6.07, 6.45) is 0.881. The summed E-state index contributed by atoms with van der Waals surface area (Å²) in [5.41, 5.74) is 0.343. The largest absolute Gasteiger partial charge is 0.389 e. The first-order valence-electron chi connectivity index (χ1n) is 4.62. The van der Waals surface area contributed by atoms with Gasteiger partial charge in [0.05, 0.1) is 6.10 Å². The van der Waals surface area contributed by atoms with Crippen molar-refractivity contribution in [1.29, 1.82) is 0 Å². The fourth-order valence-electron chi connectivity index (χ4n) is 1.43. The lowest BCUT2D eigenvalue weighted by Crippen LogP contribution is -2.20. The summed E-state index contributed by atoms with van der Waals surface area (Å²) in [6.45, 7) is 6.91. The molecule has 0 aliphatic carbocycles. The molecule has 0 aliphatic heterocycles. The van der Waals surface area contributed by atoms with Crippen molar-refractivity contribution in [3.8, 4) is 0 Å². The molecule has 1 aromatic rings. The van der Waals surface area contributed by atoms with Gasteiger partial charge < -0.3 is 10.2 Å². The molecule has 0 radical (unpaired) electrons. The molecule has 76 valence electrons. The van der Waals surface area contributed by atoms with Crippen LogP contribution in [0.15, 0.2) is 36.9 Å². The van der Waals surface area contributed by atoms with E-state index in [1.807, 2.05) is 12.1 Å². The summed E-state index contributed by atoms with van der Waals surface area (Å²) in [6, 6.07) is 7.27. The molecular weight excluding hydrogens is 176 g/mol. The Labute approximate surface area is 84.5 Å². The summed E-state index contributed by atoms with van der Waals surface area (Å²) < 4.78 is 0. The molecule has 0 aliphatic rings. The number of aliphatic hydroxyl groups excluding tert-OH is 1. The first-order chi connectivity index (χ1) is 6.49. The maximum absolute atomic E-state index is 10.00. The summed E-state index contributed by atoms with van der Waals surface area (Å²) in [5, 5.41) is 19.5. The van der Waals surface area contributed by atoms with Gasteiger partial charge >= 0.3 is 0 Å². The zero-order valence-corrected chi connectivity index (χ0v) is 8.57. The fourth-order valence-corrected chi connectivity index (χ4v) is 1.43. The van der Waals surface area contributed by atoms with Crippen LogP contribution in [0.5, 0.6) is 0 Å². The Morgan fingerprint density at radius 2 is 2.00 bits per heavy atom. The standard InChI is InChI=1S/C12H16O2/c1-4-12(3,14)11-8-6-5-7-10(11)9(2)13/h4-9,13-14H,1H2,2-3H3/t9-,12-/m1/s1. The normalized spacial score (nSPS) is 17.1. The molecule has 1 aromatic carbocycles. The van der Waals surface area contributed by atoms with Crippen molar-refractivity contribution in [2.24, 2.45) is 0 Å². The summed E-state index contributed by atoms with van der Waals surface area (Å²) in [5.74, 6) is 0. The van der Waals surface area contributed by atoms with Crippen LogP contribution in [0.3, 0.4) is 0 Å². The maximum Gasteiger partial charge on any atom is 0.105 e. The lowest BCUT2D eigenvalue weighted by molar-refractivity contribution is 0.105. The number of rotatable bonds is 3. The van der Waals surface area contributed by atoms with E-state index in [4.69, 9.17) is 0 Å². The second-order valence-corrected chi connectivity index (χ2v) is 3.61. The third-order valence-electron chi connectivity index (χ3n) is 2.35. The molecular formula is C12H16O2. The van der Waals surface area contributed by atoms with E-state index in [2.05, 4.69) is 6.58 Å². The quantitative estimate of drug-likeness (QED) is 0.720. The molecule has 1 rings (SSSR count). The molecule has 0 spiro atoms. The molecule has 0 heterocycles. The molecule has 0 saturated carbocycles. The lowest BCUT2D eigenvalue weighted by atomic mass is 9.90. The van der Waals surface area contributed by atoms with Crippen LogP contribution in [0, 0.1) is 0 Å². The van der Waals surface area contributed by atoms with Crippen LogP contribution in [0.2, 0.25) is 0 Å². The Kier molecular flexibility index (Phi) is 3.09. The SMILES string of the molecule is C=C[C@@](C)(O)c1ccccc1[C@@H](C)O. The van der Waals surface area contributed by atoms with Crippen molar-refractivity contribution in [3.63, 3.8) is 0 Å². The molecule has 2 nitrogen and oxygen atoms in total. The van der Waals surface area contributed by atoms with Gasteiger partial charge in [0, 0.05) is 0 Å². The van der Waals surface area contributed by atoms with Crippen molar-refractivity contribution in [2.45, 2.75) is 25.6 Å². The zero-order chi connectivity index (χ0) is 10.8. The molecule has 0 bridgehead atoms. The van der Waals surface area contributed by atoms with Gasteiger partial charge in [-0.25, -0.2) is 0 Å². The fraction of sp³-hybridized carbons (Fsp3) is 0.333. The monoisotopic (exact) mass is 192 g/mol. The van der Waals surface area contributed by atoms with E-state index in [0.29, 0.717) is 5.56 Å². The Morgan fingerprint density at radius 1 is 1.43 bits per heavy atom. The van der Waals surface area contributed by atoms with E-state index in [-0.39, 0.29) is 0 Å². The Hall–Kier alpha value is -1.12. The van der Waals surface area contributed by atoms with Crippen LogP contribution in [0.4, 0.5) is 0 Å². The van der Waals surface area contributed by atoms with Crippen LogP contribution in [0.1, 0.15) is 31.1 Å². The highest BCUT2D eigenvalue weighted by Crippen LogP contribution is 2.28. The van der Waals surface area contributed by atoms with E-state index in [0.717, 1.165) is 5.56 Å². The van der Waals surface area contributed by atoms with Crippen molar-refractivity contribution in [3.05, 3.63) is 48.0 Å². The maximum atomic E-state index is 10.00. The minimum atomic E-state index is -1.09.